The third-order valence-electron chi connectivity index (χ3n) is 5.09. The highest BCUT2D eigenvalue weighted by molar-refractivity contribution is 6.04. The molecule has 1 fully saturated rings. The van der Waals surface area contributed by atoms with Gasteiger partial charge in [0.1, 0.15) is 0 Å². The smallest absolute Gasteiger partial charge is 0.291 e. The van der Waals surface area contributed by atoms with E-state index in [1.165, 1.54) is 25.5 Å². The first-order valence-corrected chi connectivity index (χ1v) is 9.36. The molecule has 0 saturated heterocycles. The lowest BCUT2D eigenvalue weighted by Gasteiger charge is -2.33. The quantitative estimate of drug-likeness (QED) is 0.851. The largest absolute Gasteiger partial charge is 0.459 e. The first-order valence-electron chi connectivity index (χ1n) is 9.36. The minimum absolute atomic E-state index is 0.0351. The van der Waals surface area contributed by atoms with Gasteiger partial charge in [0.05, 0.1) is 6.26 Å². The number of benzene rings is 1. The van der Waals surface area contributed by atoms with E-state index in [4.69, 9.17) is 4.42 Å². The molecule has 138 valence electrons. The van der Waals surface area contributed by atoms with Gasteiger partial charge in [0.15, 0.2) is 5.76 Å². The summed E-state index contributed by atoms with van der Waals surface area (Å²) in [5.41, 5.74) is 2.15. The highest BCUT2D eigenvalue weighted by Crippen LogP contribution is 2.25. The number of anilines is 1. The van der Waals surface area contributed by atoms with Crippen LogP contribution < -0.4 is 5.32 Å². The third kappa shape index (κ3) is 3.98. The van der Waals surface area contributed by atoms with Crippen LogP contribution in [0.3, 0.4) is 0 Å². The average Bonchev–Trinajstić information content (AvgIpc) is 3.20. The highest BCUT2D eigenvalue weighted by atomic mass is 16.3. The molecule has 0 spiro atoms. The molecule has 0 unspecified atom stereocenters. The average molecular weight is 354 g/mol. The van der Waals surface area contributed by atoms with Gasteiger partial charge in [-0.2, -0.15) is 0 Å². The first-order chi connectivity index (χ1) is 12.6. The summed E-state index contributed by atoms with van der Waals surface area (Å²) in [5.74, 6) is -0.0336. The van der Waals surface area contributed by atoms with E-state index in [1.54, 1.807) is 18.2 Å². The predicted octanol–water partition coefficient (Wildman–Crippen LogP) is 4.64. The standard InChI is InChI=1S/C21H26N2O3/c1-3-23(17-8-5-4-6-9-17)21(25)16-12-11-15(2)18(14-16)22-20(24)19-10-7-13-26-19/h7,10-14,17H,3-6,8-9H2,1-2H3,(H,22,24). The number of furan rings is 1. The number of rotatable bonds is 5. The summed E-state index contributed by atoms with van der Waals surface area (Å²) in [7, 11) is 0. The number of carbonyl (C=O) groups excluding carboxylic acids is 2. The lowest BCUT2D eigenvalue weighted by Crippen LogP contribution is -2.41. The van der Waals surface area contributed by atoms with Gasteiger partial charge >= 0.3 is 0 Å². The molecule has 1 aliphatic rings. The maximum absolute atomic E-state index is 13.0. The number of amides is 2. The molecule has 5 nitrogen and oxygen atoms in total. The molecular weight excluding hydrogens is 328 g/mol. The second-order valence-electron chi connectivity index (χ2n) is 6.84. The zero-order valence-electron chi connectivity index (χ0n) is 15.5. The second-order valence-corrected chi connectivity index (χ2v) is 6.84. The molecule has 0 bridgehead atoms. The minimum atomic E-state index is -0.317. The maximum Gasteiger partial charge on any atom is 0.291 e. The van der Waals surface area contributed by atoms with E-state index in [2.05, 4.69) is 5.32 Å². The van der Waals surface area contributed by atoms with Crippen molar-refractivity contribution in [2.45, 2.75) is 52.0 Å². The van der Waals surface area contributed by atoms with Gasteiger partial charge in [-0.25, -0.2) is 0 Å². The normalized spacial score (nSPS) is 14.8. The van der Waals surface area contributed by atoms with Gasteiger partial charge in [0.2, 0.25) is 0 Å². The van der Waals surface area contributed by atoms with Crippen LogP contribution in [0.2, 0.25) is 0 Å². The number of carbonyl (C=O) groups is 2. The molecule has 1 aromatic carbocycles. The maximum atomic E-state index is 13.0. The molecule has 2 amide bonds. The predicted molar refractivity (Wildman–Crippen MR) is 101 cm³/mol. The zero-order valence-corrected chi connectivity index (χ0v) is 15.5. The number of nitrogens with zero attached hydrogens (tertiary/aromatic N) is 1. The van der Waals surface area contributed by atoms with Gasteiger partial charge in [-0.3, -0.25) is 9.59 Å². The van der Waals surface area contributed by atoms with Crippen LogP contribution in [0.4, 0.5) is 5.69 Å². The molecule has 0 aliphatic heterocycles. The van der Waals surface area contributed by atoms with Crippen molar-refractivity contribution in [1.82, 2.24) is 4.90 Å². The van der Waals surface area contributed by atoms with E-state index < -0.39 is 0 Å². The van der Waals surface area contributed by atoms with Crippen LogP contribution in [0.25, 0.3) is 0 Å². The Morgan fingerprint density at radius 2 is 1.96 bits per heavy atom. The van der Waals surface area contributed by atoms with Crippen LogP contribution >= 0.6 is 0 Å². The summed E-state index contributed by atoms with van der Waals surface area (Å²) in [5, 5.41) is 2.84. The molecule has 0 radical (unpaired) electrons. The van der Waals surface area contributed by atoms with Gasteiger partial charge < -0.3 is 14.6 Å². The molecule has 3 rings (SSSR count). The lowest BCUT2D eigenvalue weighted by atomic mass is 9.93. The third-order valence-corrected chi connectivity index (χ3v) is 5.09. The molecule has 1 N–H and O–H groups in total. The van der Waals surface area contributed by atoms with E-state index in [0.29, 0.717) is 23.8 Å². The Kier molecular flexibility index (Phi) is 5.76. The number of hydrogen-bond acceptors (Lipinski definition) is 3. The Morgan fingerprint density at radius 3 is 2.62 bits per heavy atom. The molecule has 1 heterocycles. The SMILES string of the molecule is CCN(C(=O)c1ccc(C)c(NC(=O)c2ccco2)c1)C1CCCCC1. The first kappa shape index (κ1) is 18.2. The fraction of sp³-hybridized carbons (Fsp3) is 0.429. The monoisotopic (exact) mass is 354 g/mol. The summed E-state index contributed by atoms with van der Waals surface area (Å²) in [6, 6.07) is 9.09. The van der Waals surface area contributed by atoms with Crippen LogP contribution in [0.5, 0.6) is 0 Å². The van der Waals surface area contributed by atoms with Crippen LogP contribution in [0.1, 0.15) is 65.5 Å². The number of nitrogens with one attached hydrogen (secondary N) is 1. The Morgan fingerprint density at radius 1 is 1.19 bits per heavy atom. The van der Waals surface area contributed by atoms with E-state index in [0.717, 1.165) is 18.4 Å². The Bertz CT molecular complexity index is 762. The molecule has 1 aliphatic carbocycles. The van der Waals surface area contributed by atoms with Crippen LogP contribution in [0.15, 0.2) is 41.0 Å². The van der Waals surface area contributed by atoms with Crippen molar-refractivity contribution in [2.24, 2.45) is 0 Å². The minimum Gasteiger partial charge on any atom is -0.459 e. The molecular formula is C21H26N2O3. The number of aryl methyl sites for hydroxylation is 1. The Balaban J connectivity index is 1.79. The van der Waals surface area contributed by atoms with Crippen LogP contribution in [-0.2, 0) is 0 Å². The van der Waals surface area contributed by atoms with Crippen molar-refractivity contribution >= 4 is 17.5 Å². The summed E-state index contributed by atoms with van der Waals surface area (Å²) in [4.78, 5) is 27.3. The summed E-state index contributed by atoms with van der Waals surface area (Å²) >= 11 is 0. The molecule has 1 aromatic heterocycles. The second kappa shape index (κ2) is 8.21. The Hall–Kier alpha value is -2.56. The Labute approximate surface area is 154 Å². The van der Waals surface area contributed by atoms with Crippen molar-refractivity contribution in [2.75, 3.05) is 11.9 Å². The van der Waals surface area contributed by atoms with Gasteiger partial charge in [0.25, 0.3) is 11.8 Å². The van der Waals surface area contributed by atoms with E-state index in [9.17, 15) is 9.59 Å². The van der Waals surface area contributed by atoms with E-state index in [-0.39, 0.29) is 17.6 Å². The molecule has 5 heteroatoms. The van der Waals surface area contributed by atoms with Crippen molar-refractivity contribution in [1.29, 1.82) is 0 Å². The van der Waals surface area contributed by atoms with Gasteiger partial charge in [-0.15, -0.1) is 0 Å². The lowest BCUT2D eigenvalue weighted by molar-refractivity contribution is 0.0647. The van der Waals surface area contributed by atoms with Crippen LogP contribution in [-0.4, -0.2) is 29.3 Å². The number of hydrogen-bond donors (Lipinski definition) is 1. The fourth-order valence-corrected chi connectivity index (χ4v) is 3.61. The fourth-order valence-electron chi connectivity index (χ4n) is 3.61. The molecule has 0 atom stereocenters. The van der Waals surface area contributed by atoms with Crippen molar-refractivity contribution in [3.05, 3.63) is 53.5 Å². The zero-order chi connectivity index (χ0) is 18.5. The van der Waals surface area contributed by atoms with E-state index in [1.807, 2.05) is 30.9 Å². The molecule has 2 aromatic rings. The van der Waals surface area contributed by atoms with Crippen molar-refractivity contribution in [3.8, 4) is 0 Å². The van der Waals surface area contributed by atoms with E-state index >= 15 is 0 Å². The molecule has 1 saturated carbocycles. The van der Waals surface area contributed by atoms with Crippen LogP contribution in [0, 0.1) is 6.92 Å². The summed E-state index contributed by atoms with van der Waals surface area (Å²) in [6.07, 6.45) is 7.25. The summed E-state index contributed by atoms with van der Waals surface area (Å²) in [6.45, 7) is 4.64. The highest BCUT2D eigenvalue weighted by Gasteiger charge is 2.25. The molecule has 26 heavy (non-hydrogen) atoms. The van der Waals surface area contributed by atoms with Crippen molar-refractivity contribution < 1.29 is 14.0 Å². The topological polar surface area (TPSA) is 62.6 Å². The van der Waals surface area contributed by atoms with Gasteiger partial charge in [0, 0.05) is 23.8 Å². The van der Waals surface area contributed by atoms with Gasteiger partial charge in [-0.1, -0.05) is 25.3 Å². The summed E-state index contributed by atoms with van der Waals surface area (Å²) < 4.78 is 5.13. The van der Waals surface area contributed by atoms with Crippen molar-refractivity contribution in [3.63, 3.8) is 0 Å². The van der Waals surface area contributed by atoms with Gasteiger partial charge in [-0.05, 0) is 56.5 Å².